The average molecular weight is 351 g/mol. The van der Waals surface area contributed by atoms with E-state index in [9.17, 15) is 9.90 Å². The molecule has 4 nitrogen and oxygen atoms in total. The van der Waals surface area contributed by atoms with Crippen LogP contribution in [-0.4, -0.2) is 28.7 Å². The molecule has 1 N–H and O–H groups in total. The standard InChI is InChI=1S/C22H25NO3/c1-16(24)8-7-13-23-15-19(18-10-4-5-11-20(18)23)21(25)14-17-9-3-6-12-22(17)26-2/h3-6,9-12,15-16,24H,7-8,13-14H2,1-2H3/t16-/m0/s1. The number of ether oxygens (including phenoxy) is 1. The summed E-state index contributed by atoms with van der Waals surface area (Å²) in [5.41, 5.74) is 2.69. The second-order valence-corrected chi connectivity index (χ2v) is 6.66. The number of benzene rings is 2. The molecule has 4 heteroatoms. The molecule has 136 valence electrons. The van der Waals surface area contributed by atoms with E-state index in [1.807, 2.05) is 54.7 Å². The van der Waals surface area contributed by atoms with Crippen molar-refractivity contribution in [2.75, 3.05) is 7.11 Å². The fraction of sp³-hybridized carbons (Fsp3) is 0.318. The van der Waals surface area contributed by atoms with E-state index < -0.39 is 0 Å². The van der Waals surface area contributed by atoms with Gasteiger partial charge in [-0.1, -0.05) is 36.4 Å². The van der Waals surface area contributed by atoms with E-state index in [1.165, 1.54) is 0 Å². The highest BCUT2D eigenvalue weighted by molar-refractivity contribution is 6.09. The summed E-state index contributed by atoms with van der Waals surface area (Å²) in [6.07, 6.45) is 3.58. The molecular weight excluding hydrogens is 326 g/mol. The van der Waals surface area contributed by atoms with Crippen molar-refractivity contribution in [3.63, 3.8) is 0 Å². The number of rotatable bonds is 8. The lowest BCUT2D eigenvalue weighted by Gasteiger charge is -2.07. The number of hydrogen-bond donors (Lipinski definition) is 1. The van der Waals surface area contributed by atoms with E-state index in [4.69, 9.17) is 4.74 Å². The van der Waals surface area contributed by atoms with Gasteiger partial charge in [0.2, 0.25) is 0 Å². The lowest BCUT2D eigenvalue weighted by molar-refractivity contribution is 0.0993. The maximum Gasteiger partial charge on any atom is 0.169 e. The van der Waals surface area contributed by atoms with Crippen LogP contribution in [0.2, 0.25) is 0 Å². The van der Waals surface area contributed by atoms with E-state index in [0.717, 1.165) is 47.2 Å². The van der Waals surface area contributed by atoms with Crippen molar-refractivity contribution in [3.05, 3.63) is 65.9 Å². The van der Waals surface area contributed by atoms with Crippen LogP contribution in [0.1, 0.15) is 35.7 Å². The molecule has 1 aromatic heterocycles. The Kier molecular flexibility index (Phi) is 5.74. The average Bonchev–Trinajstić information content (AvgIpc) is 3.01. The zero-order valence-corrected chi connectivity index (χ0v) is 15.3. The molecule has 1 atom stereocenters. The second kappa shape index (κ2) is 8.19. The van der Waals surface area contributed by atoms with Gasteiger partial charge in [0.05, 0.1) is 13.2 Å². The number of carbonyl (C=O) groups excluding carboxylic acids is 1. The van der Waals surface area contributed by atoms with E-state index in [1.54, 1.807) is 14.0 Å². The topological polar surface area (TPSA) is 51.5 Å². The number of ketones is 1. The molecule has 0 bridgehead atoms. The second-order valence-electron chi connectivity index (χ2n) is 6.66. The van der Waals surface area contributed by atoms with Gasteiger partial charge in [-0.15, -0.1) is 0 Å². The molecule has 0 fully saturated rings. The van der Waals surface area contributed by atoms with Crippen molar-refractivity contribution in [1.29, 1.82) is 0 Å². The number of aliphatic hydroxyl groups excluding tert-OH is 1. The third kappa shape index (κ3) is 3.97. The van der Waals surface area contributed by atoms with Crippen LogP contribution in [0, 0.1) is 0 Å². The molecule has 2 aromatic carbocycles. The van der Waals surface area contributed by atoms with Gasteiger partial charge >= 0.3 is 0 Å². The summed E-state index contributed by atoms with van der Waals surface area (Å²) in [4.78, 5) is 13.0. The quantitative estimate of drug-likeness (QED) is 0.618. The van der Waals surface area contributed by atoms with Gasteiger partial charge in [0.15, 0.2) is 5.78 Å². The Hall–Kier alpha value is -2.59. The number of fused-ring (bicyclic) bond motifs is 1. The van der Waals surface area contributed by atoms with Crippen molar-refractivity contribution in [2.24, 2.45) is 0 Å². The third-order valence-electron chi connectivity index (χ3n) is 4.65. The minimum absolute atomic E-state index is 0.0833. The lowest BCUT2D eigenvalue weighted by atomic mass is 10.0. The summed E-state index contributed by atoms with van der Waals surface area (Å²) in [7, 11) is 1.62. The molecule has 0 saturated heterocycles. The van der Waals surface area contributed by atoms with E-state index in [-0.39, 0.29) is 11.9 Å². The summed E-state index contributed by atoms with van der Waals surface area (Å²) in [5.74, 6) is 0.821. The minimum atomic E-state index is -0.302. The minimum Gasteiger partial charge on any atom is -0.496 e. The summed E-state index contributed by atoms with van der Waals surface area (Å²) in [6.45, 7) is 2.59. The van der Waals surface area contributed by atoms with Gasteiger partial charge in [-0.3, -0.25) is 4.79 Å². The number of para-hydroxylation sites is 2. The smallest absolute Gasteiger partial charge is 0.169 e. The predicted octanol–water partition coefficient (Wildman–Crippen LogP) is 4.24. The molecule has 0 spiro atoms. The SMILES string of the molecule is COc1ccccc1CC(=O)c1cn(CCC[C@H](C)O)c2ccccc12. The number of methoxy groups -OCH3 is 1. The normalized spacial score (nSPS) is 12.3. The van der Waals surface area contributed by atoms with Crippen LogP contribution in [0.4, 0.5) is 0 Å². The molecular formula is C22H25NO3. The van der Waals surface area contributed by atoms with E-state index in [2.05, 4.69) is 4.57 Å². The highest BCUT2D eigenvalue weighted by Gasteiger charge is 2.17. The molecule has 1 heterocycles. The molecule has 3 aromatic rings. The van der Waals surface area contributed by atoms with Gasteiger partial charge in [0.1, 0.15) is 5.75 Å². The van der Waals surface area contributed by atoms with Gasteiger partial charge < -0.3 is 14.4 Å². The number of carbonyl (C=O) groups is 1. The fourth-order valence-corrected chi connectivity index (χ4v) is 3.33. The molecule has 0 aliphatic rings. The van der Waals surface area contributed by atoms with Gasteiger partial charge in [-0.05, 0) is 31.9 Å². The molecule has 0 aliphatic carbocycles. The Bertz CT molecular complexity index is 895. The Labute approximate surface area is 154 Å². The van der Waals surface area contributed by atoms with Crippen molar-refractivity contribution in [3.8, 4) is 5.75 Å². The Morgan fingerprint density at radius 2 is 1.88 bits per heavy atom. The number of Topliss-reactive ketones (excluding diaryl/α,β-unsaturated/α-hetero) is 1. The Balaban J connectivity index is 1.88. The highest BCUT2D eigenvalue weighted by Crippen LogP contribution is 2.25. The predicted molar refractivity (Wildman–Crippen MR) is 104 cm³/mol. The van der Waals surface area contributed by atoms with Crippen molar-refractivity contribution in [2.45, 2.75) is 38.8 Å². The van der Waals surface area contributed by atoms with Gasteiger partial charge in [0.25, 0.3) is 0 Å². The van der Waals surface area contributed by atoms with Crippen molar-refractivity contribution in [1.82, 2.24) is 4.57 Å². The first-order chi connectivity index (χ1) is 12.6. The third-order valence-corrected chi connectivity index (χ3v) is 4.65. The van der Waals surface area contributed by atoms with Crippen LogP contribution in [0.3, 0.4) is 0 Å². The molecule has 0 aliphatic heterocycles. The first kappa shape index (κ1) is 18.2. The molecule has 0 amide bonds. The van der Waals surface area contributed by atoms with Crippen LogP contribution in [0.5, 0.6) is 5.75 Å². The van der Waals surface area contributed by atoms with Crippen LogP contribution >= 0.6 is 0 Å². The first-order valence-electron chi connectivity index (χ1n) is 9.01. The van der Waals surface area contributed by atoms with Crippen molar-refractivity contribution >= 4 is 16.7 Å². The molecule has 26 heavy (non-hydrogen) atoms. The number of aryl methyl sites for hydroxylation is 1. The van der Waals surface area contributed by atoms with Gasteiger partial charge in [-0.25, -0.2) is 0 Å². The fourth-order valence-electron chi connectivity index (χ4n) is 3.33. The monoisotopic (exact) mass is 351 g/mol. The lowest BCUT2D eigenvalue weighted by Crippen LogP contribution is -2.05. The van der Waals surface area contributed by atoms with Crippen LogP contribution < -0.4 is 4.74 Å². The van der Waals surface area contributed by atoms with E-state index >= 15 is 0 Å². The Morgan fingerprint density at radius 3 is 2.65 bits per heavy atom. The summed E-state index contributed by atoms with van der Waals surface area (Å²) >= 11 is 0. The zero-order valence-electron chi connectivity index (χ0n) is 15.3. The van der Waals surface area contributed by atoms with Crippen LogP contribution in [0.25, 0.3) is 10.9 Å². The van der Waals surface area contributed by atoms with Gasteiger partial charge in [-0.2, -0.15) is 0 Å². The first-order valence-corrected chi connectivity index (χ1v) is 9.01. The van der Waals surface area contributed by atoms with Gasteiger partial charge in [0, 0.05) is 41.2 Å². The summed E-state index contributed by atoms with van der Waals surface area (Å²) < 4.78 is 7.49. The maximum atomic E-state index is 13.0. The maximum absolute atomic E-state index is 13.0. The molecule has 0 unspecified atom stereocenters. The number of nitrogens with zero attached hydrogens (tertiary/aromatic N) is 1. The summed E-state index contributed by atoms with van der Waals surface area (Å²) in [6, 6.07) is 15.6. The largest absolute Gasteiger partial charge is 0.496 e. The van der Waals surface area contributed by atoms with Crippen LogP contribution in [-0.2, 0) is 13.0 Å². The highest BCUT2D eigenvalue weighted by atomic mass is 16.5. The molecule has 0 saturated carbocycles. The zero-order chi connectivity index (χ0) is 18.5. The number of hydrogen-bond acceptors (Lipinski definition) is 3. The summed E-state index contributed by atoms with van der Waals surface area (Å²) in [5, 5.41) is 10.5. The number of aromatic nitrogens is 1. The Morgan fingerprint density at radius 1 is 1.15 bits per heavy atom. The van der Waals surface area contributed by atoms with Crippen molar-refractivity contribution < 1.29 is 14.6 Å². The van der Waals surface area contributed by atoms with E-state index in [0.29, 0.717) is 6.42 Å². The molecule has 0 radical (unpaired) electrons. The number of aliphatic hydroxyl groups is 1. The van der Waals surface area contributed by atoms with Crippen LogP contribution in [0.15, 0.2) is 54.7 Å². The molecule has 3 rings (SSSR count).